The third-order valence-corrected chi connectivity index (χ3v) is 2.99. The van der Waals surface area contributed by atoms with Gasteiger partial charge in [0.25, 0.3) is 0 Å². The van der Waals surface area contributed by atoms with Crippen LogP contribution in [0.2, 0.25) is 0 Å². The van der Waals surface area contributed by atoms with Crippen molar-refractivity contribution in [3.63, 3.8) is 0 Å². The molecule has 6 nitrogen and oxygen atoms in total. The first-order valence-electron chi connectivity index (χ1n) is 4.67. The lowest BCUT2D eigenvalue weighted by molar-refractivity contribution is -0.136. The summed E-state index contributed by atoms with van der Waals surface area (Å²) in [5.74, 6) is -0.201. The van der Waals surface area contributed by atoms with Crippen LogP contribution in [0.5, 0.6) is 0 Å². The summed E-state index contributed by atoms with van der Waals surface area (Å²) in [5.41, 5.74) is 0. The lowest BCUT2D eigenvalue weighted by atomic mass is 10.0. The van der Waals surface area contributed by atoms with E-state index in [0.29, 0.717) is 0 Å². The second-order valence-electron chi connectivity index (χ2n) is 3.69. The lowest BCUT2D eigenvalue weighted by Crippen LogP contribution is -2.30. The molecule has 1 rings (SSSR count). The van der Waals surface area contributed by atoms with Crippen LogP contribution in [0.25, 0.3) is 0 Å². The van der Waals surface area contributed by atoms with Gasteiger partial charge in [-0.15, -0.1) is 0 Å². The molecule has 5 atom stereocenters. The maximum absolute atomic E-state index is 11.1. The first-order chi connectivity index (χ1) is 6.89. The first kappa shape index (κ1) is 13.1. The van der Waals surface area contributed by atoms with E-state index in [1.54, 1.807) is 6.92 Å². The van der Waals surface area contributed by atoms with E-state index in [2.05, 4.69) is 0 Å². The van der Waals surface area contributed by atoms with E-state index in [1.807, 2.05) is 0 Å². The third-order valence-electron chi connectivity index (χ3n) is 2.35. The molecule has 0 aromatic heterocycles. The molecule has 2 N–H and O–H groups in total. The highest BCUT2D eigenvalue weighted by atomic mass is 31.2. The second-order valence-corrected chi connectivity index (χ2v) is 5.51. The largest absolute Gasteiger partial charge is 0.394 e. The Balaban J connectivity index is 2.72. The topological polar surface area (TPSA) is 85.2 Å². The summed E-state index contributed by atoms with van der Waals surface area (Å²) in [6, 6.07) is 0. The van der Waals surface area contributed by atoms with Gasteiger partial charge in [-0.1, -0.05) is 6.92 Å². The van der Waals surface area contributed by atoms with Crippen LogP contribution in [0.1, 0.15) is 6.92 Å². The van der Waals surface area contributed by atoms with E-state index in [1.165, 1.54) is 7.11 Å². The van der Waals surface area contributed by atoms with E-state index < -0.39 is 26.1 Å². The second kappa shape index (κ2) is 4.91. The van der Waals surface area contributed by atoms with Gasteiger partial charge in [0.15, 0.2) is 6.29 Å². The molecule has 0 aromatic rings. The number of hydrogen-bond acceptors (Lipinski definition) is 5. The number of hydrogen-bond donors (Lipinski definition) is 2. The number of aliphatic hydroxyl groups excluding tert-OH is 1. The minimum Gasteiger partial charge on any atom is -0.394 e. The van der Waals surface area contributed by atoms with Crippen LogP contribution < -0.4 is 0 Å². The summed E-state index contributed by atoms with van der Waals surface area (Å²) in [6.07, 6.45) is -1.76. The molecule has 0 saturated carbocycles. The van der Waals surface area contributed by atoms with Gasteiger partial charge in [-0.2, -0.15) is 0 Å². The van der Waals surface area contributed by atoms with Crippen molar-refractivity contribution in [3.8, 4) is 0 Å². The Morgan fingerprint density at radius 2 is 2.13 bits per heavy atom. The molecule has 1 aliphatic heterocycles. The molecular weight excluding hydrogens is 223 g/mol. The van der Waals surface area contributed by atoms with Crippen molar-refractivity contribution in [1.29, 1.82) is 0 Å². The van der Waals surface area contributed by atoms with Crippen molar-refractivity contribution in [3.05, 3.63) is 0 Å². The van der Waals surface area contributed by atoms with Crippen LogP contribution in [0, 0.1) is 5.92 Å². The Labute approximate surface area is 88.7 Å². The van der Waals surface area contributed by atoms with E-state index >= 15 is 0 Å². The summed E-state index contributed by atoms with van der Waals surface area (Å²) in [4.78, 5) is 9.12. The summed E-state index contributed by atoms with van der Waals surface area (Å²) >= 11 is 0. The summed E-state index contributed by atoms with van der Waals surface area (Å²) in [5, 5.41) is 9.03. The van der Waals surface area contributed by atoms with Crippen molar-refractivity contribution < 1.29 is 28.6 Å². The molecule has 0 bridgehead atoms. The molecule has 1 fully saturated rings. The van der Waals surface area contributed by atoms with E-state index in [4.69, 9.17) is 24.0 Å². The van der Waals surface area contributed by atoms with E-state index in [9.17, 15) is 4.57 Å². The molecule has 7 heteroatoms. The van der Waals surface area contributed by atoms with Crippen LogP contribution in [0.4, 0.5) is 0 Å². The lowest BCUT2D eigenvalue weighted by Gasteiger charge is -2.21. The van der Waals surface area contributed by atoms with Gasteiger partial charge in [0.1, 0.15) is 12.2 Å². The Morgan fingerprint density at radius 3 is 2.53 bits per heavy atom. The van der Waals surface area contributed by atoms with Crippen molar-refractivity contribution in [2.24, 2.45) is 5.92 Å². The molecule has 0 aromatic carbocycles. The zero-order valence-electron chi connectivity index (χ0n) is 8.99. The molecule has 1 heterocycles. The van der Waals surface area contributed by atoms with Crippen molar-refractivity contribution in [1.82, 2.24) is 0 Å². The summed E-state index contributed by atoms with van der Waals surface area (Å²) in [7, 11) is -2.11. The molecule has 0 spiro atoms. The van der Waals surface area contributed by atoms with Crippen LogP contribution in [0.15, 0.2) is 0 Å². The zero-order chi connectivity index (χ0) is 11.6. The minimum absolute atomic E-state index is 0.201. The highest BCUT2D eigenvalue weighted by molar-refractivity contribution is 7.51. The molecule has 1 saturated heterocycles. The van der Waals surface area contributed by atoms with Gasteiger partial charge in [-0.25, -0.2) is 0 Å². The average molecular weight is 240 g/mol. The van der Waals surface area contributed by atoms with Crippen LogP contribution in [0.3, 0.4) is 0 Å². The summed E-state index contributed by atoms with van der Waals surface area (Å²) in [6.45, 7) is 2.62. The average Bonchev–Trinajstić information content (AvgIpc) is 2.42. The molecule has 90 valence electrons. The standard InChI is InChI=1S/C8H17O6P/c1-5-7(14-15(3,10)11)6(4-9)13-8(5)12-2/h5-9H,4H2,1-3H3,(H,10,11)/t5-,6+,7?,8+/m0/s1. The highest BCUT2D eigenvalue weighted by Gasteiger charge is 2.44. The van der Waals surface area contributed by atoms with Gasteiger partial charge in [-0.05, 0) is 0 Å². The molecule has 0 amide bonds. The Morgan fingerprint density at radius 1 is 1.53 bits per heavy atom. The number of aliphatic hydroxyl groups is 1. The molecule has 0 radical (unpaired) electrons. The summed E-state index contributed by atoms with van der Waals surface area (Å²) < 4.78 is 26.4. The Bertz CT molecular complexity index is 250. The fourth-order valence-electron chi connectivity index (χ4n) is 1.67. The van der Waals surface area contributed by atoms with Crippen molar-refractivity contribution >= 4 is 7.60 Å². The predicted octanol–water partition coefficient (Wildman–Crippen LogP) is 0.186. The molecule has 15 heavy (non-hydrogen) atoms. The van der Waals surface area contributed by atoms with Crippen LogP contribution in [-0.4, -0.2) is 48.9 Å². The fourth-order valence-corrected chi connectivity index (χ4v) is 2.45. The van der Waals surface area contributed by atoms with Crippen molar-refractivity contribution in [2.45, 2.75) is 25.4 Å². The number of rotatable bonds is 4. The van der Waals surface area contributed by atoms with E-state index in [0.717, 1.165) is 6.66 Å². The van der Waals surface area contributed by atoms with Crippen molar-refractivity contribution in [2.75, 3.05) is 20.4 Å². The fraction of sp³-hybridized carbons (Fsp3) is 1.00. The molecule has 0 aliphatic carbocycles. The smallest absolute Gasteiger partial charge is 0.325 e. The third kappa shape index (κ3) is 3.24. The highest BCUT2D eigenvalue weighted by Crippen LogP contribution is 2.44. The Hall–Kier alpha value is 0.0300. The maximum Gasteiger partial charge on any atom is 0.325 e. The van der Waals surface area contributed by atoms with Gasteiger partial charge in [0.2, 0.25) is 0 Å². The molecular formula is C8H17O6P. The predicted molar refractivity (Wildman–Crippen MR) is 52.5 cm³/mol. The minimum atomic E-state index is -3.59. The maximum atomic E-state index is 11.1. The monoisotopic (exact) mass is 240 g/mol. The number of ether oxygens (including phenoxy) is 2. The number of methoxy groups -OCH3 is 1. The first-order valence-corrected chi connectivity index (χ1v) is 6.69. The van der Waals surface area contributed by atoms with Crippen LogP contribution >= 0.6 is 7.60 Å². The van der Waals surface area contributed by atoms with Crippen LogP contribution in [-0.2, 0) is 18.6 Å². The van der Waals surface area contributed by atoms with Gasteiger partial charge >= 0.3 is 7.60 Å². The molecule has 1 aliphatic rings. The van der Waals surface area contributed by atoms with Gasteiger partial charge in [0, 0.05) is 19.7 Å². The zero-order valence-corrected chi connectivity index (χ0v) is 9.89. The van der Waals surface area contributed by atoms with E-state index in [-0.39, 0.29) is 12.5 Å². The van der Waals surface area contributed by atoms with Gasteiger partial charge in [0.05, 0.1) is 6.61 Å². The normalized spacial score (nSPS) is 40.3. The van der Waals surface area contributed by atoms with Gasteiger partial charge < -0.3 is 24.0 Å². The Kier molecular flexibility index (Phi) is 4.29. The molecule has 2 unspecified atom stereocenters. The van der Waals surface area contributed by atoms with Gasteiger partial charge in [-0.3, -0.25) is 4.57 Å². The quantitative estimate of drug-likeness (QED) is 0.682. The SMILES string of the molecule is CO[C@@H]1O[C@H](CO)C(OP(C)(=O)O)[C@@H]1C.